The van der Waals surface area contributed by atoms with Gasteiger partial charge in [0.15, 0.2) is 0 Å². The largest absolute Gasteiger partial charge is 0.461 e. The van der Waals surface area contributed by atoms with Crippen LogP contribution in [0.15, 0.2) is 0 Å². The van der Waals surface area contributed by atoms with Crippen molar-refractivity contribution in [3.63, 3.8) is 0 Å². The van der Waals surface area contributed by atoms with Crippen LogP contribution in [0.3, 0.4) is 0 Å². The van der Waals surface area contributed by atoms with Crippen LogP contribution in [0.25, 0.3) is 0 Å². The summed E-state index contributed by atoms with van der Waals surface area (Å²) in [5.41, 5.74) is -0.736. The molecule has 0 aromatic heterocycles. The number of carbonyl (C=O) groups excluding carboxylic acids is 2. The molecule has 2 aliphatic rings. The Morgan fingerprint density at radius 2 is 2.00 bits per heavy atom. The average Bonchev–Trinajstić information content (AvgIpc) is 2.30. The van der Waals surface area contributed by atoms with Crippen LogP contribution >= 0.6 is 0 Å². The van der Waals surface area contributed by atoms with E-state index in [1.54, 1.807) is 0 Å². The van der Waals surface area contributed by atoms with Crippen LogP contribution < -0.4 is 0 Å². The minimum absolute atomic E-state index is 0.103. The monoisotopic (exact) mass is 268 g/mol. The van der Waals surface area contributed by atoms with Crippen LogP contribution in [-0.4, -0.2) is 29.1 Å². The lowest BCUT2D eigenvalue weighted by Gasteiger charge is -2.54. The molecule has 0 aliphatic heterocycles. The zero-order chi connectivity index (χ0) is 14.4. The molecular weight excluding hydrogens is 244 g/mol. The highest BCUT2D eigenvalue weighted by Crippen LogP contribution is 2.53. The first-order chi connectivity index (χ1) is 8.78. The standard InChI is InChI=1S/C15H24O4/c1-8-5-6-12(19-10(3)16)15(4)13(8)11(17)7-9(2)14(15)18/h8-9,11-13,17H,5-7H2,1-4H3/t8-,9-,11+,12+,13?,15+/m1/s1. The van der Waals surface area contributed by atoms with E-state index in [9.17, 15) is 14.7 Å². The van der Waals surface area contributed by atoms with Gasteiger partial charge in [-0.25, -0.2) is 0 Å². The van der Waals surface area contributed by atoms with Crippen molar-refractivity contribution in [2.24, 2.45) is 23.2 Å². The first-order valence-electron chi connectivity index (χ1n) is 7.18. The molecule has 2 aliphatic carbocycles. The summed E-state index contributed by atoms with van der Waals surface area (Å²) in [5.74, 6) is -0.196. The number of aliphatic hydroxyl groups excluding tert-OH is 1. The molecule has 0 amide bonds. The fraction of sp³-hybridized carbons (Fsp3) is 0.867. The summed E-state index contributed by atoms with van der Waals surface area (Å²) >= 11 is 0. The quantitative estimate of drug-likeness (QED) is 0.738. The number of rotatable bonds is 1. The lowest BCUT2D eigenvalue weighted by Crippen LogP contribution is -2.61. The normalized spacial score (nSPS) is 46.6. The maximum Gasteiger partial charge on any atom is 0.302 e. The number of hydrogen-bond donors (Lipinski definition) is 1. The van der Waals surface area contributed by atoms with Crippen molar-refractivity contribution in [2.75, 3.05) is 0 Å². The molecule has 0 radical (unpaired) electrons. The van der Waals surface area contributed by atoms with Crippen molar-refractivity contribution in [2.45, 2.75) is 59.2 Å². The van der Waals surface area contributed by atoms with Gasteiger partial charge in [0, 0.05) is 18.8 Å². The Morgan fingerprint density at radius 3 is 2.58 bits per heavy atom. The number of ketones is 1. The molecular formula is C15H24O4. The van der Waals surface area contributed by atoms with Gasteiger partial charge in [-0.05, 0) is 32.1 Å². The predicted molar refractivity (Wildman–Crippen MR) is 70.3 cm³/mol. The molecule has 0 saturated heterocycles. The van der Waals surface area contributed by atoms with Gasteiger partial charge in [0.25, 0.3) is 0 Å². The fourth-order valence-corrected chi connectivity index (χ4v) is 4.33. The number of esters is 1. The summed E-state index contributed by atoms with van der Waals surface area (Å²) in [7, 11) is 0. The third kappa shape index (κ3) is 2.20. The second-order valence-electron chi connectivity index (χ2n) is 6.53. The van der Waals surface area contributed by atoms with E-state index in [1.165, 1.54) is 6.92 Å². The van der Waals surface area contributed by atoms with Gasteiger partial charge in [-0.3, -0.25) is 9.59 Å². The third-order valence-corrected chi connectivity index (χ3v) is 5.15. The number of hydrogen-bond acceptors (Lipinski definition) is 4. The highest BCUT2D eigenvalue weighted by atomic mass is 16.5. The lowest BCUT2D eigenvalue weighted by molar-refractivity contribution is -0.187. The third-order valence-electron chi connectivity index (χ3n) is 5.15. The van der Waals surface area contributed by atoms with Crippen LogP contribution in [0, 0.1) is 23.2 Å². The highest BCUT2D eigenvalue weighted by molar-refractivity contribution is 5.89. The van der Waals surface area contributed by atoms with Gasteiger partial charge in [-0.2, -0.15) is 0 Å². The predicted octanol–water partition coefficient (Wildman–Crippen LogP) is 1.94. The molecule has 4 heteroatoms. The molecule has 2 fully saturated rings. The second-order valence-corrected chi connectivity index (χ2v) is 6.53. The van der Waals surface area contributed by atoms with Crippen molar-refractivity contribution in [1.29, 1.82) is 0 Å². The number of Topliss-reactive ketones (excluding diaryl/α,β-unsaturated/α-hetero) is 1. The number of carbonyl (C=O) groups is 2. The first kappa shape index (κ1) is 14.5. The highest BCUT2D eigenvalue weighted by Gasteiger charge is 2.59. The van der Waals surface area contributed by atoms with E-state index in [-0.39, 0.29) is 29.5 Å². The summed E-state index contributed by atoms with van der Waals surface area (Å²) < 4.78 is 5.41. The number of aliphatic hydroxyl groups is 1. The zero-order valence-electron chi connectivity index (χ0n) is 12.2. The Morgan fingerprint density at radius 1 is 1.37 bits per heavy atom. The van der Waals surface area contributed by atoms with Gasteiger partial charge >= 0.3 is 5.97 Å². The van der Waals surface area contributed by atoms with Crippen LogP contribution in [-0.2, 0) is 14.3 Å². The van der Waals surface area contributed by atoms with Crippen molar-refractivity contribution >= 4 is 11.8 Å². The van der Waals surface area contributed by atoms with E-state index in [2.05, 4.69) is 6.92 Å². The van der Waals surface area contributed by atoms with Crippen LogP contribution in [0.2, 0.25) is 0 Å². The topological polar surface area (TPSA) is 63.6 Å². The molecule has 2 saturated carbocycles. The van der Waals surface area contributed by atoms with E-state index < -0.39 is 17.6 Å². The number of ether oxygens (including phenoxy) is 1. The zero-order valence-corrected chi connectivity index (χ0v) is 12.2. The molecule has 1 N–H and O–H groups in total. The van der Waals surface area contributed by atoms with Gasteiger partial charge < -0.3 is 9.84 Å². The Labute approximate surface area is 114 Å². The first-order valence-corrected chi connectivity index (χ1v) is 7.18. The van der Waals surface area contributed by atoms with Gasteiger partial charge in [0.05, 0.1) is 11.5 Å². The van der Waals surface area contributed by atoms with E-state index in [4.69, 9.17) is 4.74 Å². The smallest absolute Gasteiger partial charge is 0.302 e. The van der Waals surface area contributed by atoms with E-state index in [1.807, 2.05) is 13.8 Å². The Balaban J connectivity index is 2.39. The van der Waals surface area contributed by atoms with Crippen molar-refractivity contribution in [1.82, 2.24) is 0 Å². The minimum Gasteiger partial charge on any atom is -0.461 e. The Hall–Kier alpha value is -0.900. The summed E-state index contributed by atoms with van der Waals surface area (Å²) in [4.78, 5) is 23.9. The second kappa shape index (κ2) is 4.89. The Kier molecular flexibility index (Phi) is 3.74. The minimum atomic E-state index is -0.736. The molecule has 0 heterocycles. The van der Waals surface area contributed by atoms with E-state index in [0.717, 1.165) is 6.42 Å². The van der Waals surface area contributed by atoms with Crippen molar-refractivity contribution in [3.05, 3.63) is 0 Å². The molecule has 0 spiro atoms. The van der Waals surface area contributed by atoms with E-state index in [0.29, 0.717) is 12.8 Å². The van der Waals surface area contributed by atoms with Gasteiger partial charge in [0.1, 0.15) is 11.9 Å². The summed E-state index contributed by atoms with van der Waals surface area (Å²) in [5, 5.41) is 10.4. The van der Waals surface area contributed by atoms with Crippen molar-refractivity contribution in [3.8, 4) is 0 Å². The van der Waals surface area contributed by atoms with Crippen LogP contribution in [0.5, 0.6) is 0 Å². The molecule has 0 aromatic carbocycles. The Bertz CT molecular complexity index is 392. The molecule has 6 atom stereocenters. The van der Waals surface area contributed by atoms with Gasteiger partial charge in [-0.1, -0.05) is 13.8 Å². The summed E-state index contributed by atoms with van der Waals surface area (Å²) in [6.07, 6.45) is 1.24. The number of fused-ring (bicyclic) bond motifs is 1. The van der Waals surface area contributed by atoms with Crippen LogP contribution in [0.1, 0.15) is 47.0 Å². The average molecular weight is 268 g/mol. The van der Waals surface area contributed by atoms with Gasteiger partial charge in [-0.15, -0.1) is 0 Å². The molecule has 108 valence electrons. The molecule has 2 rings (SSSR count). The summed E-state index contributed by atoms with van der Waals surface area (Å²) in [6.45, 7) is 7.20. The fourth-order valence-electron chi connectivity index (χ4n) is 4.33. The molecule has 4 nitrogen and oxygen atoms in total. The van der Waals surface area contributed by atoms with Crippen molar-refractivity contribution < 1.29 is 19.4 Å². The van der Waals surface area contributed by atoms with E-state index >= 15 is 0 Å². The SMILES string of the molecule is CC(=O)O[C@H]1CC[C@@H](C)C2[C@@H](O)C[C@@H](C)C(=O)[C@]21C. The molecule has 19 heavy (non-hydrogen) atoms. The maximum absolute atomic E-state index is 12.7. The molecule has 0 aromatic rings. The van der Waals surface area contributed by atoms with Crippen LogP contribution in [0.4, 0.5) is 0 Å². The molecule has 1 unspecified atom stereocenters. The van der Waals surface area contributed by atoms with Gasteiger partial charge in [0.2, 0.25) is 0 Å². The lowest BCUT2D eigenvalue weighted by atomic mass is 9.52. The maximum atomic E-state index is 12.7. The summed E-state index contributed by atoms with van der Waals surface area (Å²) in [6, 6.07) is 0. The molecule has 0 bridgehead atoms.